The van der Waals surface area contributed by atoms with Gasteiger partial charge in [-0.2, -0.15) is 0 Å². The highest BCUT2D eigenvalue weighted by atomic mass is 16.6. The standard InChI is InChI=1S/C15H22N2O3/c1-19-10-7-14-11-17(9-8-16-14)15(18)20-12-13-5-3-2-4-6-13/h2-6,14,16H,7-12H2,1H3/t14-/m0/s1. The van der Waals surface area contributed by atoms with Gasteiger partial charge in [0.1, 0.15) is 6.61 Å². The van der Waals surface area contributed by atoms with E-state index in [0.717, 1.165) is 18.5 Å². The van der Waals surface area contributed by atoms with Gasteiger partial charge in [0.15, 0.2) is 0 Å². The Kier molecular flexibility index (Phi) is 5.83. The molecule has 1 N–H and O–H groups in total. The van der Waals surface area contributed by atoms with Gasteiger partial charge in [-0.05, 0) is 12.0 Å². The number of carbonyl (C=O) groups is 1. The predicted molar refractivity (Wildman–Crippen MR) is 76.5 cm³/mol. The summed E-state index contributed by atoms with van der Waals surface area (Å²) in [6.45, 7) is 3.19. The first-order valence-corrected chi connectivity index (χ1v) is 6.97. The van der Waals surface area contributed by atoms with Crippen molar-refractivity contribution < 1.29 is 14.3 Å². The summed E-state index contributed by atoms with van der Waals surface area (Å²) in [6, 6.07) is 10.0. The Labute approximate surface area is 119 Å². The zero-order chi connectivity index (χ0) is 14.2. The smallest absolute Gasteiger partial charge is 0.410 e. The van der Waals surface area contributed by atoms with E-state index in [0.29, 0.717) is 26.3 Å². The molecule has 20 heavy (non-hydrogen) atoms. The molecule has 110 valence electrons. The third-order valence-corrected chi connectivity index (χ3v) is 3.39. The van der Waals surface area contributed by atoms with Gasteiger partial charge < -0.3 is 19.7 Å². The minimum Gasteiger partial charge on any atom is -0.445 e. The maximum Gasteiger partial charge on any atom is 0.410 e. The van der Waals surface area contributed by atoms with Crippen LogP contribution < -0.4 is 5.32 Å². The summed E-state index contributed by atoms with van der Waals surface area (Å²) in [5, 5.41) is 3.38. The van der Waals surface area contributed by atoms with Gasteiger partial charge in [0.05, 0.1) is 0 Å². The summed E-state index contributed by atoms with van der Waals surface area (Å²) >= 11 is 0. The molecule has 5 heteroatoms. The Balaban J connectivity index is 1.77. The fourth-order valence-electron chi connectivity index (χ4n) is 2.26. The number of rotatable bonds is 5. The summed E-state index contributed by atoms with van der Waals surface area (Å²) in [5.74, 6) is 0. The highest BCUT2D eigenvalue weighted by Crippen LogP contribution is 2.07. The quantitative estimate of drug-likeness (QED) is 0.889. The van der Waals surface area contributed by atoms with Crippen LogP contribution in [0.3, 0.4) is 0 Å². The molecule has 0 aromatic heterocycles. The second-order valence-electron chi connectivity index (χ2n) is 4.92. The van der Waals surface area contributed by atoms with Crippen molar-refractivity contribution in [3.05, 3.63) is 35.9 Å². The molecule has 0 radical (unpaired) electrons. The van der Waals surface area contributed by atoms with Crippen LogP contribution in [-0.4, -0.2) is 50.4 Å². The molecule has 0 bridgehead atoms. The van der Waals surface area contributed by atoms with Gasteiger partial charge in [0, 0.05) is 39.4 Å². The molecule has 1 fully saturated rings. The normalized spacial score (nSPS) is 18.9. The van der Waals surface area contributed by atoms with Gasteiger partial charge in [-0.25, -0.2) is 4.79 Å². The van der Waals surface area contributed by atoms with E-state index in [1.165, 1.54) is 0 Å². The Hall–Kier alpha value is -1.59. The summed E-state index contributed by atoms with van der Waals surface area (Å²) in [4.78, 5) is 13.8. The number of amides is 1. The first kappa shape index (κ1) is 14.8. The zero-order valence-electron chi connectivity index (χ0n) is 11.9. The maximum atomic E-state index is 12.0. The molecule has 1 aromatic rings. The molecule has 0 aliphatic carbocycles. The molecular weight excluding hydrogens is 256 g/mol. The van der Waals surface area contributed by atoms with Crippen molar-refractivity contribution in [3.8, 4) is 0 Å². The van der Waals surface area contributed by atoms with Crippen LogP contribution in [0.2, 0.25) is 0 Å². The van der Waals surface area contributed by atoms with Crippen LogP contribution in [-0.2, 0) is 16.1 Å². The first-order valence-electron chi connectivity index (χ1n) is 6.97. The molecule has 1 aliphatic rings. The van der Waals surface area contributed by atoms with Crippen molar-refractivity contribution in [2.45, 2.75) is 19.1 Å². The van der Waals surface area contributed by atoms with Crippen molar-refractivity contribution in [1.82, 2.24) is 10.2 Å². The number of ether oxygens (including phenoxy) is 2. The van der Waals surface area contributed by atoms with Gasteiger partial charge in [-0.3, -0.25) is 0 Å². The Bertz CT molecular complexity index is 411. The van der Waals surface area contributed by atoms with E-state index < -0.39 is 0 Å². The SMILES string of the molecule is COCC[C@H]1CN(C(=O)OCc2ccccc2)CCN1. The minimum absolute atomic E-state index is 0.238. The van der Waals surface area contributed by atoms with Crippen LogP contribution in [0.15, 0.2) is 30.3 Å². The molecule has 1 aliphatic heterocycles. The molecule has 1 atom stereocenters. The van der Waals surface area contributed by atoms with Crippen molar-refractivity contribution in [3.63, 3.8) is 0 Å². The van der Waals surface area contributed by atoms with Crippen LogP contribution in [0.4, 0.5) is 4.79 Å². The van der Waals surface area contributed by atoms with E-state index in [-0.39, 0.29) is 12.1 Å². The lowest BCUT2D eigenvalue weighted by Gasteiger charge is -2.32. The van der Waals surface area contributed by atoms with E-state index in [4.69, 9.17) is 9.47 Å². The molecule has 0 saturated carbocycles. The number of benzene rings is 1. The Morgan fingerprint density at radius 3 is 2.95 bits per heavy atom. The van der Waals surface area contributed by atoms with Gasteiger partial charge in [-0.1, -0.05) is 30.3 Å². The van der Waals surface area contributed by atoms with Crippen LogP contribution in [0.1, 0.15) is 12.0 Å². The monoisotopic (exact) mass is 278 g/mol. The minimum atomic E-state index is -0.238. The third-order valence-electron chi connectivity index (χ3n) is 3.39. The molecule has 5 nitrogen and oxygen atoms in total. The van der Waals surface area contributed by atoms with E-state index in [1.807, 2.05) is 30.3 Å². The van der Waals surface area contributed by atoms with E-state index in [9.17, 15) is 4.79 Å². The zero-order valence-corrected chi connectivity index (χ0v) is 11.9. The summed E-state index contributed by atoms with van der Waals surface area (Å²) < 4.78 is 10.4. The second kappa shape index (κ2) is 7.87. The van der Waals surface area contributed by atoms with Crippen LogP contribution in [0.5, 0.6) is 0 Å². The molecule has 1 aromatic carbocycles. The Morgan fingerprint density at radius 2 is 2.20 bits per heavy atom. The highest BCUT2D eigenvalue weighted by Gasteiger charge is 2.23. The number of piperazine rings is 1. The average molecular weight is 278 g/mol. The largest absolute Gasteiger partial charge is 0.445 e. The number of nitrogens with zero attached hydrogens (tertiary/aromatic N) is 1. The number of carbonyl (C=O) groups excluding carboxylic acids is 1. The fraction of sp³-hybridized carbons (Fsp3) is 0.533. The molecular formula is C15H22N2O3. The number of hydrogen-bond donors (Lipinski definition) is 1. The van der Waals surface area contributed by atoms with Gasteiger partial charge in [-0.15, -0.1) is 0 Å². The summed E-state index contributed by atoms with van der Waals surface area (Å²) in [7, 11) is 1.69. The number of nitrogens with one attached hydrogen (secondary N) is 1. The van der Waals surface area contributed by atoms with Gasteiger partial charge in [0.25, 0.3) is 0 Å². The van der Waals surface area contributed by atoms with E-state index in [2.05, 4.69) is 5.32 Å². The van der Waals surface area contributed by atoms with Gasteiger partial charge >= 0.3 is 6.09 Å². The van der Waals surface area contributed by atoms with Crippen LogP contribution in [0, 0.1) is 0 Å². The fourth-order valence-corrected chi connectivity index (χ4v) is 2.26. The van der Waals surface area contributed by atoms with Crippen molar-refractivity contribution in [1.29, 1.82) is 0 Å². The highest BCUT2D eigenvalue weighted by molar-refractivity contribution is 5.67. The lowest BCUT2D eigenvalue weighted by Crippen LogP contribution is -2.53. The molecule has 0 unspecified atom stereocenters. The number of hydrogen-bond acceptors (Lipinski definition) is 4. The second-order valence-corrected chi connectivity index (χ2v) is 4.92. The summed E-state index contributed by atoms with van der Waals surface area (Å²) in [6.07, 6.45) is 0.664. The topological polar surface area (TPSA) is 50.8 Å². The van der Waals surface area contributed by atoms with Crippen molar-refractivity contribution in [2.24, 2.45) is 0 Å². The lowest BCUT2D eigenvalue weighted by atomic mass is 10.1. The molecule has 1 heterocycles. The molecule has 1 saturated heterocycles. The van der Waals surface area contributed by atoms with Crippen LogP contribution in [0.25, 0.3) is 0 Å². The van der Waals surface area contributed by atoms with Crippen LogP contribution >= 0.6 is 0 Å². The summed E-state index contributed by atoms with van der Waals surface area (Å²) in [5.41, 5.74) is 1.01. The van der Waals surface area contributed by atoms with E-state index >= 15 is 0 Å². The maximum absolute atomic E-state index is 12.0. The molecule has 1 amide bonds. The predicted octanol–water partition coefficient (Wildman–Crippen LogP) is 1.63. The third kappa shape index (κ3) is 4.51. The van der Waals surface area contributed by atoms with E-state index in [1.54, 1.807) is 12.0 Å². The Morgan fingerprint density at radius 1 is 1.40 bits per heavy atom. The van der Waals surface area contributed by atoms with Crippen molar-refractivity contribution in [2.75, 3.05) is 33.4 Å². The molecule has 2 rings (SSSR count). The first-order chi connectivity index (χ1) is 9.79. The van der Waals surface area contributed by atoms with Gasteiger partial charge in [0.2, 0.25) is 0 Å². The number of methoxy groups -OCH3 is 1. The molecule has 0 spiro atoms. The average Bonchev–Trinajstić information content (AvgIpc) is 2.52. The lowest BCUT2D eigenvalue weighted by molar-refractivity contribution is 0.0805. The van der Waals surface area contributed by atoms with Crippen molar-refractivity contribution >= 4 is 6.09 Å².